The number of thiophene rings is 1. The lowest BCUT2D eigenvalue weighted by Gasteiger charge is -2.13. The van der Waals surface area contributed by atoms with Crippen molar-refractivity contribution in [3.8, 4) is 33.9 Å². The molecular formula is C28H21BrN2O3S. The van der Waals surface area contributed by atoms with Crippen molar-refractivity contribution < 1.29 is 14.3 Å². The van der Waals surface area contributed by atoms with Crippen LogP contribution >= 0.6 is 27.3 Å². The summed E-state index contributed by atoms with van der Waals surface area (Å²) in [5.74, 6) is 1.22. The third kappa shape index (κ3) is 4.29. The molecule has 0 radical (unpaired) electrons. The van der Waals surface area contributed by atoms with Gasteiger partial charge in [0.05, 0.1) is 25.6 Å². The van der Waals surface area contributed by atoms with Crippen LogP contribution in [0.15, 0.2) is 83.3 Å². The molecule has 0 fully saturated rings. The first-order chi connectivity index (χ1) is 17.0. The molecule has 2 aromatic heterocycles. The van der Waals surface area contributed by atoms with Gasteiger partial charge in [-0.2, -0.15) is 0 Å². The molecule has 3 aromatic carbocycles. The van der Waals surface area contributed by atoms with Crippen LogP contribution in [0.25, 0.3) is 32.6 Å². The smallest absolute Gasteiger partial charge is 0.205 e. The molecule has 5 nitrogen and oxygen atoms in total. The molecular weight excluding hydrogens is 524 g/mol. The Labute approximate surface area is 215 Å². The Morgan fingerprint density at radius 1 is 0.914 bits per heavy atom. The van der Waals surface area contributed by atoms with E-state index in [1.165, 1.54) is 11.3 Å². The van der Waals surface area contributed by atoms with Gasteiger partial charge in [0, 0.05) is 32.1 Å². The molecule has 7 heteroatoms. The van der Waals surface area contributed by atoms with Gasteiger partial charge in [-0.1, -0.05) is 46.3 Å². The highest BCUT2D eigenvalue weighted by molar-refractivity contribution is 9.10. The monoisotopic (exact) mass is 544 g/mol. The van der Waals surface area contributed by atoms with Gasteiger partial charge in [-0.3, -0.25) is 4.79 Å². The molecule has 35 heavy (non-hydrogen) atoms. The lowest BCUT2D eigenvalue weighted by Crippen LogP contribution is -2.02. The van der Waals surface area contributed by atoms with Gasteiger partial charge >= 0.3 is 0 Å². The average molecular weight is 545 g/mol. The summed E-state index contributed by atoms with van der Waals surface area (Å²) < 4.78 is 12.1. The number of nitrogens with two attached hydrogens (primary N) is 1. The average Bonchev–Trinajstić information content (AvgIpc) is 3.24. The van der Waals surface area contributed by atoms with Crippen LogP contribution in [0, 0.1) is 0 Å². The highest BCUT2D eigenvalue weighted by atomic mass is 79.9. The van der Waals surface area contributed by atoms with E-state index in [1.54, 1.807) is 26.4 Å². The molecule has 0 saturated heterocycles. The number of hydrogen-bond donors (Lipinski definition) is 1. The van der Waals surface area contributed by atoms with Crippen LogP contribution in [-0.4, -0.2) is 25.0 Å². The quantitative estimate of drug-likeness (QED) is 0.228. The third-order valence-electron chi connectivity index (χ3n) is 5.78. The number of carbonyl (C=O) groups is 1. The first-order valence-corrected chi connectivity index (χ1v) is 12.4. The molecule has 5 aromatic rings. The highest BCUT2D eigenvalue weighted by Crippen LogP contribution is 2.45. The van der Waals surface area contributed by atoms with E-state index in [9.17, 15) is 4.79 Å². The molecule has 0 unspecified atom stereocenters. The molecule has 0 bridgehead atoms. The van der Waals surface area contributed by atoms with E-state index in [4.69, 9.17) is 20.2 Å². The van der Waals surface area contributed by atoms with E-state index in [2.05, 4.69) is 15.9 Å². The topological polar surface area (TPSA) is 74.4 Å². The van der Waals surface area contributed by atoms with Crippen LogP contribution < -0.4 is 15.2 Å². The number of benzene rings is 3. The number of nitrogen functional groups attached to an aromatic ring is 1. The lowest BCUT2D eigenvalue weighted by molar-refractivity contribution is 0.104. The second-order valence-corrected chi connectivity index (χ2v) is 9.76. The summed E-state index contributed by atoms with van der Waals surface area (Å²) >= 11 is 4.72. The van der Waals surface area contributed by atoms with Crippen LogP contribution in [0.1, 0.15) is 15.2 Å². The number of carbonyl (C=O) groups excluding carboxylic acids is 1. The van der Waals surface area contributed by atoms with Crippen molar-refractivity contribution in [3.63, 3.8) is 0 Å². The first kappa shape index (κ1) is 23.1. The zero-order chi connectivity index (χ0) is 24.5. The van der Waals surface area contributed by atoms with Crippen LogP contribution in [0.4, 0.5) is 5.69 Å². The standard InChI is InChI=1S/C28H21BrN2O3S/c1-33-19-12-13-23(34-2)20(14-19)21-15-22(16-6-4-3-5-7-16)31-28-24(21)25(30)27(35-28)26(32)17-8-10-18(29)11-9-17/h3-15H,30H2,1-2H3. The fraction of sp³-hybridized carbons (Fsp3) is 0.0714. The number of halogens is 1. The summed E-state index contributed by atoms with van der Waals surface area (Å²) in [6, 6.07) is 24.8. The van der Waals surface area contributed by atoms with Gasteiger partial charge in [0.25, 0.3) is 0 Å². The Balaban J connectivity index is 1.80. The molecule has 174 valence electrons. The zero-order valence-corrected chi connectivity index (χ0v) is 21.4. The van der Waals surface area contributed by atoms with Crippen molar-refractivity contribution in [1.82, 2.24) is 4.98 Å². The minimum Gasteiger partial charge on any atom is -0.497 e. The highest BCUT2D eigenvalue weighted by Gasteiger charge is 2.24. The number of hydrogen-bond acceptors (Lipinski definition) is 6. The van der Waals surface area contributed by atoms with Gasteiger partial charge in [-0.15, -0.1) is 11.3 Å². The summed E-state index contributed by atoms with van der Waals surface area (Å²) in [6.45, 7) is 0. The van der Waals surface area contributed by atoms with E-state index in [-0.39, 0.29) is 5.78 Å². The molecule has 0 aliphatic rings. The Morgan fingerprint density at radius 2 is 1.66 bits per heavy atom. The minimum atomic E-state index is -0.136. The van der Waals surface area contributed by atoms with Crippen molar-refractivity contribution >= 4 is 49.0 Å². The van der Waals surface area contributed by atoms with Crippen molar-refractivity contribution in [1.29, 1.82) is 0 Å². The minimum absolute atomic E-state index is 0.136. The van der Waals surface area contributed by atoms with Crippen molar-refractivity contribution in [2.45, 2.75) is 0 Å². The number of pyridine rings is 1. The second-order valence-electron chi connectivity index (χ2n) is 7.85. The van der Waals surface area contributed by atoms with Crippen molar-refractivity contribution in [3.05, 3.63) is 93.8 Å². The normalized spacial score (nSPS) is 10.9. The predicted octanol–water partition coefficient (Wildman–Crippen LogP) is 7.22. The maximum Gasteiger partial charge on any atom is 0.205 e. The number of ketones is 1. The number of fused-ring (bicyclic) bond motifs is 1. The number of aromatic nitrogens is 1. The SMILES string of the molecule is COc1ccc(OC)c(-c2cc(-c3ccccc3)nc3sc(C(=O)c4ccc(Br)cc4)c(N)c23)c1. The Bertz CT molecular complexity index is 1550. The maximum atomic E-state index is 13.4. The van der Waals surface area contributed by atoms with Crippen LogP contribution in [0.2, 0.25) is 0 Å². The number of nitrogens with zero attached hydrogens (tertiary/aromatic N) is 1. The molecule has 0 saturated carbocycles. The van der Waals surface area contributed by atoms with E-state index >= 15 is 0 Å². The summed E-state index contributed by atoms with van der Waals surface area (Å²) in [4.78, 5) is 19.5. The lowest BCUT2D eigenvalue weighted by atomic mass is 9.97. The second kappa shape index (κ2) is 9.52. The largest absolute Gasteiger partial charge is 0.497 e. The molecule has 0 aliphatic heterocycles. The van der Waals surface area contributed by atoms with Gasteiger partial charge in [-0.05, 0) is 48.5 Å². The van der Waals surface area contributed by atoms with Gasteiger partial charge in [0.2, 0.25) is 5.78 Å². The summed E-state index contributed by atoms with van der Waals surface area (Å²) in [5, 5.41) is 0.724. The van der Waals surface area contributed by atoms with Gasteiger partial charge < -0.3 is 15.2 Å². The van der Waals surface area contributed by atoms with Gasteiger partial charge in [0.1, 0.15) is 21.2 Å². The summed E-state index contributed by atoms with van der Waals surface area (Å²) in [6.07, 6.45) is 0. The first-order valence-electron chi connectivity index (χ1n) is 10.8. The third-order valence-corrected chi connectivity index (χ3v) is 7.40. The molecule has 0 spiro atoms. The van der Waals surface area contributed by atoms with Crippen molar-refractivity contribution in [2.24, 2.45) is 0 Å². The molecule has 0 aliphatic carbocycles. The number of methoxy groups -OCH3 is 2. The fourth-order valence-corrected chi connectivity index (χ4v) is 5.36. The van der Waals surface area contributed by atoms with E-state index in [1.807, 2.05) is 66.7 Å². The molecule has 5 rings (SSSR count). The fourth-order valence-electron chi connectivity index (χ4n) is 4.02. The Morgan fingerprint density at radius 3 is 2.34 bits per heavy atom. The van der Waals surface area contributed by atoms with E-state index in [0.29, 0.717) is 32.5 Å². The maximum absolute atomic E-state index is 13.4. The summed E-state index contributed by atoms with van der Waals surface area (Å²) in [7, 11) is 3.25. The molecule has 2 N–H and O–H groups in total. The van der Waals surface area contributed by atoms with Crippen LogP contribution in [0.5, 0.6) is 11.5 Å². The molecule has 2 heterocycles. The summed E-state index contributed by atoms with van der Waals surface area (Å²) in [5.41, 5.74) is 11.0. The number of anilines is 1. The number of ether oxygens (including phenoxy) is 2. The zero-order valence-electron chi connectivity index (χ0n) is 19.0. The predicted molar refractivity (Wildman–Crippen MR) is 146 cm³/mol. The van der Waals surface area contributed by atoms with Gasteiger partial charge in [0.15, 0.2) is 0 Å². The Kier molecular flexibility index (Phi) is 6.28. The Hall–Kier alpha value is -3.68. The van der Waals surface area contributed by atoms with Crippen molar-refractivity contribution in [2.75, 3.05) is 20.0 Å². The molecule has 0 amide bonds. The van der Waals surface area contributed by atoms with E-state index < -0.39 is 0 Å². The molecule has 0 atom stereocenters. The van der Waals surface area contributed by atoms with Gasteiger partial charge in [-0.25, -0.2) is 4.98 Å². The van der Waals surface area contributed by atoms with Crippen LogP contribution in [-0.2, 0) is 0 Å². The number of rotatable bonds is 6. The van der Waals surface area contributed by atoms with Crippen LogP contribution in [0.3, 0.4) is 0 Å². The van der Waals surface area contributed by atoms with E-state index in [0.717, 1.165) is 32.2 Å².